The first-order chi connectivity index (χ1) is 16.0. The van der Waals surface area contributed by atoms with E-state index in [4.69, 9.17) is 4.74 Å². The molecule has 0 radical (unpaired) electrons. The van der Waals surface area contributed by atoms with E-state index in [0.29, 0.717) is 29.8 Å². The Hall–Kier alpha value is -4.00. The van der Waals surface area contributed by atoms with Gasteiger partial charge >= 0.3 is 5.97 Å². The summed E-state index contributed by atoms with van der Waals surface area (Å²) in [4.78, 5) is 39.2. The molecule has 4 rings (SSSR count). The molecule has 2 amide bonds. The highest BCUT2D eigenvalue weighted by Crippen LogP contribution is 2.24. The second-order valence-electron chi connectivity index (χ2n) is 7.77. The topological polar surface area (TPSA) is 75.7 Å². The molecule has 0 saturated carbocycles. The third-order valence-corrected chi connectivity index (χ3v) is 5.37. The van der Waals surface area contributed by atoms with Crippen LogP contribution in [0.5, 0.6) is 0 Å². The first kappa shape index (κ1) is 22.2. The number of hydrogen-bond acceptors (Lipinski definition) is 4. The molecule has 7 heteroatoms. The maximum atomic E-state index is 13.2. The Bertz CT molecular complexity index is 1130. The lowest BCUT2D eigenvalue weighted by Crippen LogP contribution is -2.26. The van der Waals surface area contributed by atoms with Crippen LogP contribution in [0.2, 0.25) is 0 Å². The summed E-state index contributed by atoms with van der Waals surface area (Å²) in [6.07, 6.45) is 0.203. The number of esters is 1. The highest BCUT2D eigenvalue weighted by atomic mass is 19.1. The summed E-state index contributed by atoms with van der Waals surface area (Å²) >= 11 is 0. The number of nitrogens with zero attached hydrogens (tertiary/aromatic N) is 1. The summed E-state index contributed by atoms with van der Waals surface area (Å²) in [7, 11) is 0. The van der Waals surface area contributed by atoms with E-state index in [1.165, 1.54) is 24.3 Å². The normalized spacial score (nSPS) is 14.1. The summed E-state index contributed by atoms with van der Waals surface area (Å²) in [6.45, 7) is 0.697. The fourth-order valence-corrected chi connectivity index (χ4v) is 3.70. The Morgan fingerprint density at radius 3 is 2.30 bits per heavy atom. The van der Waals surface area contributed by atoms with E-state index in [9.17, 15) is 18.8 Å². The predicted octanol–water partition coefficient (Wildman–Crippen LogP) is 4.42. The van der Waals surface area contributed by atoms with Crippen molar-refractivity contribution in [2.24, 2.45) is 0 Å². The van der Waals surface area contributed by atoms with Gasteiger partial charge in [-0.3, -0.25) is 14.4 Å². The van der Waals surface area contributed by atoms with Crippen molar-refractivity contribution >= 4 is 29.2 Å². The molecule has 0 spiro atoms. The van der Waals surface area contributed by atoms with Gasteiger partial charge in [-0.05, 0) is 48.4 Å². The Balaban J connectivity index is 1.44. The van der Waals surface area contributed by atoms with E-state index in [0.717, 1.165) is 12.1 Å². The standard InChI is InChI=1S/C26H23FN2O4/c27-20-10-12-21(13-11-20)28-26(32)25(19-5-2-1-3-6-19)33-24(31)17-18-8-14-22(15-9-18)29-16-4-7-23(29)30/h1-3,5-6,8-15,25H,4,7,16-17H2,(H,28,32). The fourth-order valence-electron chi connectivity index (χ4n) is 3.70. The molecule has 168 valence electrons. The number of ether oxygens (including phenoxy) is 1. The lowest BCUT2D eigenvalue weighted by Gasteiger charge is -2.19. The van der Waals surface area contributed by atoms with Crippen LogP contribution >= 0.6 is 0 Å². The average molecular weight is 446 g/mol. The maximum absolute atomic E-state index is 13.2. The van der Waals surface area contributed by atoms with Crippen LogP contribution in [0.15, 0.2) is 78.9 Å². The van der Waals surface area contributed by atoms with Gasteiger partial charge in [-0.2, -0.15) is 0 Å². The molecule has 1 saturated heterocycles. The number of carbonyl (C=O) groups excluding carboxylic acids is 3. The zero-order valence-corrected chi connectivity index (χ0v) is 17.9. The van der Waals surface area contributed by atoms with Crippen LogP contribution < -0.4 is 10.2 Å². The van der Waals surface area contributed by atoms with Gasteiger partial charge in [0, 0.05) is 29.9 Å². The van der Waals surface area contributed by atoms with Gasteiger partial charge in [0.2, 0.25) is 12.0 Å². The zero-order chi connectivity index (χ0) is 23.2. The Kier molecular flexibility index (Phi) is 6.78. The fraction of sp³-hybridized carbons (Fsp3) is 0.192. The van der Waals surface area contributed by atoms with Crippen LogP contribution in [0.1, 0.15) is 30.1 Å². The Morgan fingerprint density at radius 1 is 0.970 bits per heavy atom. The van der Waals surface area contributed by atoms with Crippen molar-refractivity contribution < 1.29 is 23.5 Å². The van der Waals surface area contributed by atoms with Crippen molar-refractivity contribution in [1.82, 2.24) is 0 Å². The molecule has 0 bridgehead atoms. The minimum atomic E-state index is -1.16. The number of nitrogens with one attached hydrogen (secondary N) is 1. The monoisotopic (exact) mass is 446 g/mol. The van der Waals surface area contributed by atoms with Crippen molar-refractivity contribution in [3.05, 3.63) is 95.8 Å². The van der Waals surface area contributed by atoms with Crippen molar-refractivity contribution in [2.75, 3.05) is 16.8 Å². The largest absolute Gasteiger partial charge is 0.447 e. The predicted molar refractivity (Wildman–Crippen MR) is 122 cm³/mol. The van der Waals surface area contributed by atoms with E-state index in [1.807, 2.05) is 12.1 Å². The number of carbonyl (C=O) groups is 3. The molecule has 1 aliphatic rings. The zero-order valence-electron chi connectivity index (χ0n) is 17.9. The molecule has 1 unspecified atom stereocenters. The SMILES string of the molecule is O=C(Cc1ccc(N2CCCC2=O)cc1)OC(C(=O)Nc1ccc(F)cc1)c1ccccc1. The van der Waals surface area contributed by atoms with E-state index < -0.39 is 23.8 Å². The minimum Gasteiger partial charge on any atom is -0.447 e. The van der Waals surface area contributed by atoms with Gasteiger partial charge in [-0.25, -0.2) is 4.39 Å². The molecule has 0 aromatic heterocycles. The van der Waals surface area contributed by atoms with Crippen molar-refractivity contribution in [1.29, 1.82) is 0 Å². The van der Waals surface area contributed by atoms with Crippen LogP contribution in [-0.2, 0) is 25.5 Å². The van der Waals surface area contributed by atoms with Crippen molar-refractivity contribution in [3.8, 4) is 0 Å². The average Bonchev–Trinajstić information content (AvgIpc) is 3.26. The molecule has 3 aromatic rings. The van der Waals surface area contributed by atoms with Gasteiger partial charge < -0.3 is 15.0 Å². The van der Waals surface area contributed by atoms with E-state index in [1.54, 1.807) is 47.4 Å². The molecule has 6 nitrogen and oxygen atoms in total. The van der Waals surface area contributed by atoms with Gasteiger partial charge in [0.15, 0.2) is 0 Å². The van der Waals surface area contributed by atoms with Gasteiger partial charge in [0.1, 0.15) is 5.82 Å². The second-order valence-corrected chi connectivity index (χ2v) is 7.77. The quantitative estimate of drug-likeness (QED) is 0.545. The van der Waals surface area contributed by atoms with Crippen LogP contribution in [0, 0.1) is 5.82 Å². The number of benzene rings is 3. The lowest BCUT2D eigenvalue weighted by atomic mass is 10.1. The van der Waals surface area contributed by atoms with Crippen molar-refractivity contribution in [3.63, 3.8) is 0 Å². The number of rotatable bonds is 7. The maximum Gasteiger partial charge on any atom is 0.311 e. The smallest absolute Gasteiger partial charge is 0.311 e. The second kappa shape index (κ2) is 10.1. The molecule has 1 N–H and O–H groups in total. The molecule has 1 atom stereocenters. The number of anilines is 2. The molecule has 3 aromatic carbocycles. The third-order valence-electron chi connectivity index (χ3n) is 5.37. The lowest BCUT2D eigenvalue weighted by molar-refractivity contribution is -0.154. The van der Waals surface area contributed by atoms with Gasteiger partial charge in [-0.15, -0.1) is 0 Å². The van der Waals surface area contributed by atoms with Crippen molar-refractivity contribution in [2.45, 2.75) is 25.4 Å². The summed E-state index contributed by atoms with van der Waals surface area (Å²) in [5.41, 5.74) is 2.43. The van der Waals surface area contributed by atoms with E-state index in [2.05, 4.69) is 5.32 Å². The van der Waals surface area contributed by atoms with Crippen LogP contribution in [0.4, 0.5) is 15.8 Å². The molecular weight excluding hydrogens is 423 g/mol. The molecular formula is C26H23FN2O4. The molecule has 1 aliphatic heterocycles. The van der Waals surface area contributed by atoms with E-state index >= 15 is 0 Å². The van der Waals surface area contributed by atoms with Gasteiger partial charge in [0.25, 0.3) is 5.91 Å². The molecule has 1 heterocycles. The summed E-state index contributed by atoms with van der Waals surface area (Å²) < 4.78 is 18.7. The number of halogens is 1. The number of amides is 2. The molecule has 1 fully saturated rings. The first-order valence-corrected chi connectivity index (χ1v) is 10.7. The summed E-state index contributed by atoms with van der Waals surface area (Å²) in [5, 5.41) is 2.66. The first-order valence-electron chi connectivity index (χ1n) is 10.7. The highest BCUT2D eigenvalue weighted by molar-refractivity contribution is 5.96. The molecule has 0 aliphatic carbocycles. The van der Waals surface area contributed by atoms with Crippen LogP contribution in [-0.4, -0.2) is 24.3 Å². The summed E-state index contributed by atoms with van der Waals surface area (Å²) in [6, 6.07) is 21.2. The molecule has 33 heavy (non-hydrogen) atoms. The van der Waals surface area contributed by atoms with E-state index in [-0.39, 0.29) is 12.3 Å². The van der Waals surface area contributed by atoms with Gasteiger partial charge in [-0.1, -0.05) is 42.5 Å². The minimum absolute atomic E-state index is 0.0264. The number of hydrogen-bond donors (Lipinski definition) is 1. The van der Waals surface area contributed by atoms with Crippen LogP contribution in [0.25, 0.3) is 0 Å². The highest BCUT2D eigenvalue weighted by Gasteiger charge is 2.26. The van der Waals surface area contributed by atoms with Gasteiger partial charge in [0.05, 0.1) is 6.42 Å². The Morgan fingerprint density at radius 2 is 1.67 bits per heavy atom. The summed E-state index contributed by atoms with van der Waals surface area (Å²) in [5.74, 6) is -1.42. The Labute approximate surface area is 191 Å². The third kappa shape index (κ3) is 5.63. The van der Waals surface area contributed by atoms with Crippen LogP contribution in [0.3, 0.4) is 0 Å².